The van der Waals surface area contributed by atoms with Crippen molar-refractivity contribution in [3.8, 4) is 0 Å². The van der Waals surface area contributed by atoms with Crippen molar-refractivity contribution in [2.45, 2.75) is 18.9 Å². The molecule has 0 radical (unpaired) electrons. The molecule has 3 N–H and O–H groups in total. The van der Waals surface area contributed by atoms with E-state index in [9.17, 15) is 9.90 Å². The third-order valence-electron chi connectivity index (χ3n) is 3.16. The average Bonchev–Trinajstić information content (AvgIpc) is 2.79. The predicted octanol–water partition coefficient (Wildman–Crippen LogP) is 0.675. The van der Waals surface area contributed by atoms with Crippen LogP contribution in [0.4, 0.5) is 5.69 Å². The lowest BCUT2D eigenvalue weighted by atomic mass is 10.0. The largest absolute Gasteiger partial charge is 0.386 e. The van der Waals surface area contributed by atoms with Crippen LogP contribution in [0.15, 0.2) is 24.3 Å². The first-order valence-corrected chi connectivity index (χ1v) is 6.45. The highest BCUT2D eigenvalue weighted by Gasteiger charge is 2.31. The summed E-state index contributed by atoms with van der Waals surface area (Å²) in [6.07, 6.45) is 0.611. The van der Waals surface area contributed by atoms with Gasteiger partial charge in [0.05, 0.1) is 13.2 Å². The highest BCUT2D eigenvalue weighted by atomic mass is 16.5. The molecule has 1 aliphatic rings. The van der Waals surface area contributed by atoms with Crippen LogP contribution in [0.3, 0.4) is 0 Å². The van der Waals surface area contributed by atoms with Gasteiger partial charge >= 0.3 is 0 Å². The lowest BCUT2D eigenvalue weighted by Crippen LogP contribution is -2.43. The van der Waals surface area contributed by atoms with Gasteiger partial charge in [-0.05, 0) is 19.1 Å². The number of anilines is 1. The Morgan fingerprint density at radius 2 is 2.16 bits per heavy atom. The molecule has 5 nitrogen and oxygen atoms in total. The van der Waals surface area contributed by atoms with Crippen LogP contribution in [0, 0.1) is 6.92 Å². The highest BCUT2D eigenvalue weighted by Crippen LogP contribution is 2.16. The summed E-state index contributed by atoms with van der Waals surface area (Å²) in [5.41, 5.74) is 1.10. The van der Waals surface area contributed by atoms with Gasteiger partial charge in [-0.2, -0.15) is 0 Å². The SMILES string of the molecule is Cc1ccc(NC(=O)CNCC2(O)CCOC2)cc1. The predicted molar refractivity (Wildman–Crippen MR) is 73.1 cm³/mol. The summed E-state index contributed by atoms with van der Waals surface area (Å²) < 4.78 is 5.13. The zero-order valence-corrected chi connectivity index (χ0v) is 11.1. The molecule has 1 atom stereocenters. The normalized spacial score (nSPS) is 22.4. The lowest BCUT2D eigenvalue weighted by Gasteiger charge is -2.20. The zero-order chi connectivity index (χ0) is 13.7. The molecular weight excluding hydrogens is 244 g/mol. The molecule has 1 aliphatic heterocycles. The number of nitrogens with one attached hydrogen (secondary N) is 2. The Hall–Kier alpha value is -1.43. The van der Waals surface area contributed by atoms with Crippen molar-refractivity contribution in [1.29, 1.82) is 0 Å². The smallest absolute Gasteiger partial charge is 0.238 e. The molecule has 1 amide bonds. The van der Waals surface area contributed by atoms with E-state index in [1.54, 1.807) is 0 Å². The summed E-state index contributed by atoms with van der Waals surface area (Å²) in [4.78, 5) is 11.7. The maximum atomic E-state index is 11.7. The number of hydrogen-bond donors (Lipinski definition) is 3. The molecule has 5 heteroatoms. The van der Waals surface area contributed by atoms with Gasteiger partial charge in [0.2, 0.25) is 5.91 Å². The molecule has 0 aliphatic carbocycles. The standard InChI is InChI=1S/C14H20N2O3/c1-11-2-4-12(5-3-11)16-13(17)8-15-9-14(18)6-7-19-10-14/h2-5,15,18H,6-10H2,1H3,(H,16,17). The Kier molecular flexibility index (Phi) is 4.52. The van der Waals surface area contributed by atoms with Gasteiger partial charge in [-0.25, -0.2) is 0 Å². The lowest BCUT2D eigenvalue weighted by molar-refractivity contribution is -0.115. The molecule has 0 saturated carbocycles. The van der Waals surface area contributed by atoms with Crippen LogP contribution in [0.5, 0.6) is 0 Å². The van der Waals surface area contributed by atoms with Crippen molar-refractivity contribution in [3.63, 3.8) is 0 Å². The fourth-order valence-electron chi connectivity index (χ4n) is 1.99. The van der Waals surface area contributed by atoms with Gasteiger partial charge in [-0.1, -0.05) is 17.7 Å². The number of aryl methyl sites for hydroxylation is 1. The molecule has 0 aromatic heterocycles. The maximum Gasteiger partial charge on any atom is 0.238 e. The van der Waals surface area contributed by atoms with Crippen LogP contribution >= 0.6 is 0 Å². The second kappa shape index (κ2) is 6.14. The summed E-state index contributed by atoms with van der Waals surface area (Å²) in [6.45, 7) is 3.45. The Labute approximate surface area is 113 Å². The van der Waals surface area contributed by atoms with Crippen LogP contribution in [0.1, 0.15) is 12.0 Å². The van der Waals surface area contributed by atoms with Crippen LogP contribution < -0.4 is 10.6 Å². The first kappa shape index (κ1) is 14.0. The van der Waals surface area contributed by atoms with Crippen LogP contribution in [-0.4, -0.2) is 42.9 Å². The van der Waals surface area contributed by atoms with Crippen LogP contribution in [-0.2, 0) is 9.53 Å². The molecular formula is C14H20N2O3. The number of hydrogen-bond acceptors (Lipinski definition) is 4. The van der Waals surface area contributed by atoms with E-state index in [1.807, 2.05) is 31.2 Å². The van der Waals surface area contributed by atoms with E-state index in [0.717, 1.165) is 11.3 Å². The number of ether oxygens (including phenoxy) is 1. The van der Waals surface area contributed by atoms with Crippen molar-refractivity contribution >= 4 is 11.6 Å². The topological polar surface area (TPSA) is 70.6 Å². The third-order valence-corrected chi connectivity index (χ3v) is 3.16. The molecule has 1 aromatic rings. The second-order valence-corrected chi connectivity index (χ2v) is 5.04. The Bertz CT molecular complexity index is 425. The molecule has 1 aromatic carbocycles. The second-order valence-electron chi connectivity index (χ2n) is 5.04. The van der Waals surface area contributed by atoms with Gasteiger partial charge in [-0.3, -0.25) is 4.79 Å². The Morgan fingerprint density at radius 1 is 1.42 bits per heavy atom. The van der Waals surface area contributed by atoms with E-state index in [2.05, 4.69) is 10.6 Å². The van der Waals surface area contributed by atoms with Gasteiger partial charge < -0.3 is 20.5 Å². The monoisotopic (exact) mass is 264 g/mol. The highest BCUT2D eigenvalue weighted by molar-refractivity contribution is 5.92. The number of aliphatic hydroxyl groups is 1. The Balaban J connectivity index is 1.71. The number of rotatable bonds is 5. The minimum absolute atomic E-state index is 0.119. The first-order chi connectivity index (χ1) is 9.07. The molecule has 2 rings (SSSR count). The fourth-order valence-corrected chi connectivity index (χ4v) is 1.99. The van der Waals surface area contributed by atoms with Gasteiger partial charge in [0.25, 0.3) is 0 Å². The average molecular weight is 264 g/mol. The molecule has 0 bridgehead atoms. The van der Waals surface area contributed by atoms with Crippen molar-refractivity contribution in [1.82, 2.24) is 5.32 Å². The van der Waals surface area contributed by atoms with Crippen molar-refractivity contribution in [2.24, 2.45) is 0 Å². The van der Waals surface area contributed by atoms with E-state index in [0.29, 0.717) is 26.2 Å². The molecule has 0 spiro atoms. The van der Waals surface area contributed by atoms with Gasteiger partial charge in [0.15, 0.2) is 0 Å². The number of amides is 1. The maximum absolute atomic E-state index is 11.7. The van der Waals surface area contributed by atoms with E-state index >= 15 is 0 Å². The molecule has 1 heterocycles. The first-order valence-electron chi connectivity index (χ1n) is 6.45. The summed E-state index contributed by atoms with van der Waals surface area (Å²) in [5, 5.41) is 15.8. The van der Waals surface area contributed by atoms with Gasteiger partial charge in [0.1, 0.15) is 5.60 Å². The quantitative estimate of drug-likeness (QED) is 0.731. The summed E-state index contributed by atoms with van der Waals surface area (Å²) in [7, 11) is 0. The minimum atomic E-state index is -0.829. The van der Waals surface area contributed by atoms with E-state index in [-0.39, 0.29) is 12.5 Å². The van der Waals surface area contributed by atoms with Crippen LogP contribution in [0.2, 0.25) is 0 Å². The molecule has 1 unspecified atom stereocenters. The van der Waals surface area contributed by atoms with Crippen molar-refractivity contribution < 1.29 is 14.6 Å². The molecule has 1 fully saturated rings. The van der Waals surface area contributed by atoms with Crippen molar-refractivity contribution in [2.75, 3.05) is 31.6 Å². The minimum Gasteiger partial charge on any atom is -0.386 e. The zero-order valence-electron chi connectivity index (χ0n) is 11.1. The van der Waals surface area contributed by atoms with E-state index < -0.39 is 5.60 Å². The fraction of sp³-hybridized carbons (Fsp3) is 0.500. The number of carbonyl (C=O) groups excluding carboxylic acids is 1. The molecule has 1 saturated heterocycles. The van der Waals surface area contributed by atoms with Gasteiger partial charge in [0, 0.05) is 25.3 Å². The summed E-state index contributed by atoms with van der Waals surface area (Å²) in [6, 6.07) is 7.63. The Morgan fingerprint density at radius 3 is 2.79 bits per heavy atom. The van der Waals surface area contributed by atoms with E-state index in [1.165, 1.54) is 0 Å². The third kappa shape index (κ3) is 4.31. The summed E-state index contributed by atoms with van der Waals surface area (Å²) in [5.74, 6) is -0.119. The molecule has 19 heavy (non-hydrogen) atoms. The summed E-state index contributed by atoms with van der Waals surface area (Å²) >= 11 is 0. The van der Waals surface area contributed by atoms with Crippen molar-refractivity contribution in [3.05, 3.63) is 29.8 Å². The van der Waals surface area contributed by atoms with E-state index in [4.69, 9.17) is 4.74 Å². The number of carbonyl (C=O) groups is 1. The molecule has 104 valence electrons. The number of benzene rings is 1. The van der Waals surface area contributed by atoms with Gasteiger partial charge in [-0.15, -0.1) is 0 Å². The van der Waals surface area contributed by atoms with Crippen LogP contribution in [0.25, 0.3) is 0 Å².